The zero-order chi connectivity index (χ0) is 23.5. The van der Waals surface area contributed by atoms with Crippen LogP contribution in [0.1, 0.15) is 15.9 Å². The molecule has 0 saturated heterocycles. The van der Waals surface area contributed by atoms with Crippen LogP contribution in [0.25, 0.3) is 11.3 Å². The Hall–Kier alpha value is -3.47. The van der Waals surface area contributed by atoms with Gasteiger partial charge in [0.15, 0.2) is 5.13 Å². The second-order valence-corrected chi connectivity index (χ2v) is 10.5. The van der Waals surface area contributed by atoms with Crippen molar-refractivity contribution < 1.29 is 14.4 Å². The average Bonchev–Trinajstić information content (AvgIpc) is 3.58. The van der Waals surface area contributed by atoms with Gasteiger partial charge in [-0.25, -0.2) is 4.98 Å². The quantitative estimate of drug-likeness (QED) is 0.294. The van der Waals surface area contributed by atoms with Gasteiger partial charge in [0.25, 0.3) is 5.91 Å². The minimum Gasteiger partial charge on any atom is -0.326 e. The molecule has 2 aromatic heterocycles. The summed E-state index contributed by atoms with van der Waals surface area (Å²) in [5.41, 5.74) is 4.50. The van der Waals surface area contributed by atoms with Gasteiger partial charge in [-0.05, 0) is 53.4 Å². The number of carbonyl (C=O) groups excluding carboxylic acids is 3. The SMILES string of the molecule is O=C(CSc1cccs1)Nc1ccc(C(=O)Nc2nc(-c3ccc4c(c3)CC(=O)N4)cs2)cc1. The molecule has 3 N–H and O–H groups in total. The number of aromatic nitrogens is 1. The number of thiophene rings is 1. The summed E-state index contributed by atoms with van der Waals surface area (Å²) in [7, 11) is 0. The summed E-state index contributed by atoms with van der Waals surface area (Å²) in [4.78, 5) is 40.8. The number of amides is 3. The molecule has 170 valence electrons. The van der Waals surface area contributed by atoms with Crippen molar-refractivity contribution in [2.24, 2.45) is 0 Å². The molecule has 0 bridgehead atoms. The van der Waals surface area contributed by atoms with E-state index in [1.165, 1.54) is 23.1 Å². The molecule has 2 aromatic carbocycles. The predicted molar refractivity (Wildman–Crippen MR) is 138 cm³/mol. The van der Waals surface area contributed by atoms with Crippen LogP contribution in [0.15, 0.2) is 69.6 Å². The van der Waals surface area contributed by atoms with Gasteiger partial charge in [0.05, 0.1) is 22.1 Å². The zero-order valence-electron chi connectivity index (χ0n) is 17.7. The Labute approximate surface area is 207 Å². The highest BCUT2D eigenvalue weighted by molar-refractivity contribution is 8.01. The van der Waals surface area contributed by atoms with Gasteiger partial charge >= 0.3 is 0 Å². The van der Waals surface area contributed by atoms with Gasteiger partial charge in [-0.1, -0.05) is 12.1 Å². The largest absolute Gasteiger partial charge is 0.326 e. The van der Waals surface area contributed by atoms with Crippen molar-refractivity contribution in [1.82, 2.24) is 4.98 Å². The lowest BCUT2D eigenvalue weighted by Gasteiger charge is -2.06. The number of carbonyl (C=O) groups is 3. The van der Waals surface area contributed by atoms with Gasteiger partial charge in [-0.15, -0.1) is 34.4 Å². The highest BCUT2D eigenvalue weighted by Crippen LogP contribution is 2.31. The third-order valence-corrected chi connectivity index (χ3v) is 7.91. The van der Waals surface area contributed by atoms with Gasteiger partial charge in [-0.3, -0.25) is 19.7 Å². The summed E-state index contributed by atoms with van der Waals surface area (Å²) in [6.07, 6.45) is 0.362. The smallest absolute Gasteiger partial charge is 0.257 e. The van der Waals surface area contributed by atoms with E-state index in [2.05, 4.69) is 20.9 Å². The molecule has 0 saturated carbocycles. The predicted octanol–water partition coefficient (Wildman–Crippen LogP) is 5.35. The number of rotatable bonds is 7. The lowest BCUT2D eigenvalue weighted by Crippen LogP contribution is -2.15. The van der Waals surface area contributed by atoms with Crippen molar-refractivity contribution in [2.45, 2.75) is 10.6 Å². The zero-order valence-corrected chi connectivity index (χ0v) is 20.1. The first-order valence-corrected chi connectivity index (χ1v) is 13.0. The van der Waals surface area contributed by atoms with Crippen molar-refractivity contribution in [2.75, 3.05) is 21.7 Å². The van der Waals surface area contributed by atoms with Crippen molar-refractivity contribution in [1.29, 1.82) is 0 Å². The van der Waals surface area contributed by atoms with Crippen LogP contribution in [0.4, 0.5) is 16.5 Å². The van der Waals surface area contributed by atoms with Gasteiger partial charge in [0.2, 0.25) is 11.8 Å². The van der Waals surface area contributed by atoms with E-state index in [1.54, 1.807) is 35.6 Å². The number of benzene rings is 2. The van der Waals surface area contributed by atoms with E-state index in [9.17, 15) is 14.4 Å². The maximum Gasteiger partial charge on any atom is 0.257 e. The van der Waals surface area contributed by atoms with Gasteiger partial charge < -0.3 is 10.6 Å². The van der Waals surface area contributed by atoms with Crippen molar-refractivity contribution in [3.63, 3.8) is 0 Å². The first-order valence-electron chi connectivity index (χ1n) is 10.3. The van der Waals surface area contributed by atoms with Crippen LogP contribution in [-0.4, -0.2) is 28.5 Å². The molecule has 1 aliphatic heterocycles. The summed E-state index contributed by atoms with van der Waals surface area (Å²) in [6.45, 7) is 0. The Kier molecular flexibility index (Phi) is 6.43. The molecule has 7 nitrogen and oxygen atoms in total. The highest BCUT2D eigenvalue weighted by Gasteiger charge is 2.18. The third kappa shape index (κ3) is 5.19. The van der Waals surface area contributed by atoms with E-state index in [0.29, 0.717) is 28.6 Å². The Morgan fingerprint density at radius 2 is 1.91 bits per heavy atom. The number of hydrogen-bond donors (Lipinski definition) is 3. The monoisotopic (exact) mass is 506 g/mol. The number of fused-ring (bicyclic) bond motifs is 1. The fourth-order valence-electron chi connectivity index (χ4n) is 3.41. The van der Waals surface area contributed by atoms with E-state index in [4.69, 9.17) is 0 Å². The van der Waals surface area contributed by atoms with Gasteiger partial charge in [0, 0.05) is 27.9 Å². The van der Waals surface area contributed by atoms with Gasteiger partial charge in [0.1, 0.15) is 0 Å². The lowest BCUT2D eigenvalue weighted by atomic mass is 10.1. The van der Waals surface area contributed by atoms with E-state index in [-0.39, 0.29) is 17.7 Å². The highest BCUT2D eigenvalue weighted by atomic mass is 32.2. The van der Waals surface area contributed by atoms with Crippen LogP contribution in [0.5, 0.6) is 0 Å². The Balaban J connectivity index is 1.17. The number of nitrogens with one attached hydrogen (secondary N) is 3. The number of hydrogen-bond acceptors (Lipinski definition) is 7. The summed E-state index contributed by atoms with van der Waals surface area (Å²) < 4.78 is 1.09. The summed E-state index contributed by atoms with van der Waals surface area (Å²) in [5, 5.41) is 12.8. The molecule has 4 aromatic rings. The first-order chi connectivity index (χ1) is 16.5. The summed E-state index contributed by atoms with van der Waals surface area (Å²) in [5.74, 6) is -0.0683. The maximum absolute atomic E-state index is 12.6. The second kappa shape index (κ2) is 9.80. The molecule has 10 heteroatoms. The third-order valence-electron chi connectivity index (χ3n) is 5.02. The number of anilines is 3. The normalized spacial score (nSPS) is 12.2. The molecule has 0 unspecified atom stereocenters. The molecular weight excluding hydrogens is 488 g/mol. The van der Waals surface area contributed by atoms with Crippen molar-refractivity contribution in [3.8, 4) is 11.3 Å². The van der Waals surface area contributed by atoms with Crippen LogP contribution < -0.4 is 16.0 Å². The number of thioether (sulfide) groups is 1. The molecule has 0 radical (unpaired) electrons. The number of thiazole rings is 1. The Morgan fingerprint density at radius 1 is 1.06 bits per heavy atom. The molecule has 34 heavy (non-hydrogen) atoms. The van der Waals surface area contributed by atoms with Crippen LogP contribution in [0.2, 0.25) is 0 Å². The van der Waals surface area contributed by atoms with Crippen molar-refractivity contribution in [3.05, 3.63) is 76.5 Å². The van der Waals surface area contributed by atoms with E-state index in [0.717, 1.165) is 26.7 Å². The van der Waals surface area contributed by atoms with Crippen LogP contribution in [-0.2, 0) is 16.0 Å². The molecule has 0 spiro atoms. The molecule has 3 amide bonds. The Morgan fingerprint density at radius 3 is 2.71 bits per heavy atom. The van der Waals surface area contributed by atoms with Gasteiger partial charge in [-0.2, -0.15) is 0 Å². The Bertz CT molecular complexity index is 1360. The molecular formula is C24H18N4O3S3. The molecule has 0 atom stereocenters. The summed E-state index contributed by atoms with van der Waals surface area (Å²) >= 11 is 4.42. The minimum atomic E-state index is -0.282. The molecule has 0 fully saturated rings. The molecule has 1 aliphatic rings. The second-order valence-electron chi connectivity index (χ2n) is 7.44. The van der Waals surface area contributed by atoms with E-state index < -0.39 is 0 Å². The van der Waals surface area contributed by atoms with Crippen LogP contribution in [0.3, 0.4) is 0 Å². The molecule has 3 heterocycles. The fourth-order valence-corrected chi connectivity index (χ4v) is 5.70. The number of nitrogens with zero attached hydrogens (tertiary/aromatic N) is 1. The van der Waals surface area contributed by atoms with Crippen molar-refractivity contribution >= 4 is 68.7 Å². The molecule has 5 rings (SSSR count). The minimum absolute atomic E-state index is 0.0127. The average molecular weight is 507 g/mol. The standard InChI is InChI=1S/C24H18N4O3S3/c29-20-11-16-10-15(5-8-18(16)26-20)19-12-34-24(27-19)28-23(31)14-3-6-17(7-4-14)25-21(30)13-33-22-2-1-9-32-22/h1-10,12H,11,13H2,(H,25,30)(H,26,29)(H,27,28,31). The van der Waals surface area contributed by atoms with Crippen LogP contribution >= 0.6 is 34.4 Å². The lowest BCUT2D eigenvalue weighted by molar-refractivity contribution is -0.115. The molecule has 0 aliphatic carbocycles. The van der Waals surface area contributed by atoms with Crippen LogP contribution in [0, 0.1) is 0 Å². The summed E-state index contributed by atoms with van der Waals surface area (Å²) in [6, 6.07) is 16.4. The van der Waals surface area contributed by atoms with E-state index in [1.807, 2.05) is 41.1 Å². The topological polar surface area (TPSA) is 100 Å². The van der Waals surface area contributed by atoms with E-state index >= 15 is 0 Å². The fraction of sp³-hybridized carbons (Fsp3) is 0.0833. The maximum atomic E-state index is 12.6. The first kappa shape index (κ1) is 22.3.